The predicted molar refractivity (Wildman–Crippen MR) is 81.3 cm³/mol. The van der Waals surface area contributed by atoms with Crippen LogP contribution < -0.4 is 11.1 Å². The lowest BCUT2D eigenvalue weighted by atomic mass is 9.84. The van der Waals surface area contributed by atoms with Gasteiger partial charge >= 0.3 is 5.97 Å². The minimum Gasteiger partial charge on any atom is -0.480 e. The monoisotopic (exact) mass is 310 g/mol. The molecular weight excluding hydrogens is 292 g/mol. The zero-order chi connectivity index (χ0) is 15.4. The zero-order valence-corrected chi connectivity index (χ0v) is 12.4. The number of anilines is 1. The second-order valence-corrected chi connectivity index (χ2v) is 5.90. The van der Waals surface area contributed by atoms with Gasteiger partial charge in [0.05, 0.1) is 0 Å². The van der Waals surface area contributed by atoms with E-state index in [1.54, 1.807) is 0 Å². The van der Waals surface area contributed by atoms with E-state index in [-0.39, 0.29) is 11.5 Å². The molecule has 1 amide bonds. The number of carboxylic acids is 1. The molecule has 1 fully saturated rings. The number of carboxylic acid groups (broad SMARTS) is 1. The minimum absolute atomic E-state index is 0.0169. The van der Waals surface area contributed by atoms with Gasteiger partial charge in [-0.05, 0) is 37.0 Å². The maximum atomic E-state index is 12.2. The number of hydrogen-bond donors (Lipinski definition) is 3. The first-order valence-electron chi connectivity index (χ1n) is 7.07. The fourth-order valence-corrected chi connectivity index (χ4v) is 3.06. The largest absolute Gasteiger partial charge is 0.480 e. The second-order valence-electron chi connectivity index (χ2n) is 5.46. The molecule has 21 heavy (non-hydrogen) atoms. The number of aliphatic carboxylic acids is 1. The lowest BCUT2D eigenvalue weighted by Crippen LogP contribution is -2.46. The van der Waals surface area contributed by atoms with Crippen molar-refractivity contribution in [1.82, 2.24) is 5.32 Å². The number of carbonyl (C=O) groups excluding carboxylic acids is 1. The van der Waals surface area contributed by atoms with Crippen LogP contribution >= 0.6 is 11.6 Å². The Balaban J connectivity index is 2.12. The van der Waals surface area contributed by atoms with Gasteiger partial charge in [0.2, 0.25) is 0 Å². The highest BCUT2D eigenvalue weighted by Crippen LogP contribution is 2.27. The van der Waals surface area contributed by atoms with Gasteiger partial charge in [-0.2, -0.15) is 0 Å². The van der Waals surface area contributed by atoms with Crippen molar-refractivity contribution in [3.63, 3.8) is 0 Å². The first-order valence-corrected chi connectivity index (χ1v) is 7.45. The molecule has 1 saturated carbocycles. The molecule has 1 aromatic carbocycles. The molecule has 4 N–H and O–H groups in total. The van der Waals surface area contributed by atoms with Crippen LogP contribution in [-0.2, 0) is 4.79 Å². The third-order valence-electron chi connectivity index (χ3n) is 3.86. The van der Waals surface area contributed by atoms with E-state index in [4.69, 9.17) is 17.3 Å². The van der Waals surface area contributed by atoms with E-state index in [0.717, 1.165) is 32.1 Å². The Hall–Kier alpha value is -1.75. The number of amides is 1. The topological polar surface area (TPSA) is 92.4 Å². The Morgan fingerprint density at radius 2 is 1.90 bits per heavy atom. The van der Waals surface area contributed by atoms with Crippen LogP contribution in [0.15, 0.2) is 18.2 Å². The zero-order valence-electron chi connectivity index (χ0n) is 11.6. The van der Waals surface area contributed by atoms with E-state index in [1.165, 1.54) is 18.2 Å². The summed E-state index contributed by atoms with van der Waals surface area (Å²) in [5, 5.41) is 12.3. The van der Waals surface area contributed by atoms with Crippen LogP contribution in [-0.4, -0.2) is 23.0 Å². The third kappa shape index (κ3) is 4.11. The van der Waals surface area contributed by atoms with Gasteiger partial charge in [-0.15, -0.1) is 0 Å². The highest BCUT2D eigenvalue weighted by molar-refractivity contribution is 6.31. The predicted octanol–water partition coefficient (Wildman–Crippen LogP) is 2.69. The molecule has 1 aliphatic carbocycles. The maximum absolute atomic E-state index is 12.2. The van der Waals surface area contributed by atoms with Gasteiger partial charge in [-0.25, -0.2) is 4.79 Å². The molecule has 0 radical (unpaired) electrons. The molecule has 0 heterocycles. The van der Waals surface area contributed by atoms with E-state index in [2.05, 4.69) is 5.32 Å². The molecular formula is C15H19ClN2O3. The average molecular weight is 311 g/mol. The van der Waals surface area contributed by atoms with Crippen molar-refractivity contribution >= 4 is 29.2 Å². The number of nitrogens with two attached hydrogens (primary N) is 1. The van der Waals surface area contributed by atoms with E-state index in [9.17, 15) is 14.7 Å². The first-order chi connectivity index (χ1) is 9.97. The smallest absolute Gasteiger partial charge is 0.326 e. The number of nitrogens with one attached hydrogen (secondary N) is 1. The quantitative estimate of drug-likeness (QED) is 0.745. The molecule has 0 aromatic heterocycles. The number of rotatable bonds is 4. The van der Waals surface area contributed by atoms with Gasteiger partial charge < -0.3 is 16.2 Å². The highest BCUT2D eigenvalue weighted by atomic mass is 35.5. The summed E-state index contributed by atoms with van der Waals surface area (Å²) in [6.07, 6.45) is 4.80. The molecule has 1 aliphatic rings. The lowest BCUT2D eigenvalue weighted by molar-refractivity contribution is -0.141. The standard InChI is InChI=1S/C15H19ClN2O3/c16-11-6-10(7-12(17)8-11)14(19)18-13(15(20)21)9-4-2-1-3-5-9/h6-9,13H,1-5,17H2,(H,18,19)(H,20,21). The minimum atomic E-state index is -0.995. The highest BCUT2D eigenvalue weighted by Gasteiger charge is 2.31. The van der Waals surface area contributed by atoms with Crippen LogP contribution in [0.5, 0.6) is 0 Å². The first kappa shape index (κ1) is 15.6. The van der Waals surface area contributed by atoms with Crippen molar-refractivity contribution in [3.8, 4) is 0 Å². The van der Waals surface area contributed by atoms with E-state index >= 15 is 0 Å². The van der Waals surface area contributed by atoms with Crippen LogP contribution in [0.1, 0.15) is 42.5 Å². The Bertz CT molecular complexity index is 521. The number of hydrogen-bond acceptors (Lipinski definition) is 3. The van der Waals surface area contributed by atoms with Crippen LogP contribution in [0.2, 0.25) is 5.02 Å². The summed E-state index contributed by atoms with van der Waals surface area (Å²) in [6.45, 7) is 0. The van der Waals surface area contributed by atoms with Crippen molar-refractivity contribution in [1.29, 1.82) is 0 Å². The summed E-state index contributed by atoms with van der Waals surface area (Å²) in [4.78, 5) is 23.7. The Kier molecular flexibility index (Phi) is 5.07. The van der Waals surface area contributed by atoms with Crippen LogP contribution in [0.25, 0.3) is 0 Å². The molecule has 1 atom stereocenters. The van der Waals surface area contributed by atoms with Crippen LogP contribution in [0.4, 0.5) is 5.69 Å². The van der Waals surface area contributed by atoms with Gasteiger partial charge in [0.25, 0.3) is 5.91 Å². The molecule has 1 aromatic rings. The lowest BCUT2D eigenvalue weighted by Gasteiger charge is -2.28. The number of benzene rings is 1. The molecule has 2 rings (SSSR count). The molecule has 0 saturated heterocycles. The summed E-state index contributed by atoms with van der Waals surface area (Å²) in [6, 6.07) is 3.64. The second kappa shape index (κ2) is 6.80. The van der Waals surface area contributed by atoms with Crippen molar-refractivity contribution < 1.29 is 14.7 Å². The van der Waals surface area contributed by atoms with E-state index in [1.807, 2.05) is 0 Å². The van der Waals surface area contributed by atoms with Crippen molar-refractivity contribution in [2.45, 2.75) is 38.1 Å². The van der Waals surface area contributed by atoms with Crippen molar-refractivity contribution in [2.75, 3.05) is 5.73 Å². The summed E-state index contributed by atoms with van der Waals surface area (Å²) < 4.78 is 0. The van der Waals surface area contributed by atoms with E-state index in [0.29, 0.717) is 10.7 Å². The summed E-state index contributed by atoms with van der Waals surface area (Å²) in [5.41, 5.74) is 6.30. The number of halogens is 1. The van der Waals surface area contributed by atoms with Crippen LogP contribution in [0.3, 0.4) is 0 Å². The van der Waals surface area contributed by atoms with Crippen molar-refractivity contribution in [3.05, 3.63) is 28.8 Å². The van der Waals surface area contributed by atoms with Crippen molar-refractivity contribution in [2.24, 2.45) is 5.92 Å². The van der Waals surface area contributed by atoms with Gasteiger partial charge in [0, 0.05) is 16.3 Å². The SMILES string of the molecule is Nc1cc(Cl)cc(C(=O)NC(C(=O)O)C2CCCCC2)c1. The molecule has 0 aliphatic heterocycles. The number of carbonyl (C=O) groups is 2. The molecule has 114 valence electrons. The summed E-state index contributed by atoms with van der Waals surface area (Å²) in [7, 11) is 0. The van der Waals surface area contributed by atoms with Gasteiger partial charge in [-0.3, -0.25) is 4.79 Å². The molecule has 6 heteroatoms. The molecule has 0 spiro atoms. The van der Waals surface area contributed by atoms with Gasteiger partial charge in [-0.1, -0.05) is 30.9 Å². The Morgan fingerprint density at radius 1 is 1.24 bits per heavy atom. The van der Waals surface area contributed by atoms with E-state index < -0.39 is 17.9 Å². The van der Waals surface area contributed by atoms with Gasteiger partial charge in [0.15, 0.2) is 0 Å². The maximum Gasteiger partial charge on any atom is 0.326 e. The summed E-state index contributed by atoms with van der Waals surface area (Å²) in [5.74, 6) is -1.47. The van der Waals surface area contributed by atoms with Gasteiger partial charge in [0.1, 0.15) is 6.04 Å². The average Bonchev–Trinajstić information content (AvgIpc) is 2.44. The Morgan fingerprint density at radius 3 is 2.48 bits per heavy atom. The number of nitrogen functional groups attached to an aromatic ring is 1. The van der Waals surface area contributed by atoms with Crippen LogP contribution in [0, 0.1) is 5.92 Å². The molecule has 0 bridgehead atoms. The normalized spacial score (nSPS) is 17.2. The fraction of sp³-hybridized carbons (Fsp3) is 0.467. The Labute approximate surface area is 128 Å². The molecule has 1 unspecified atom stereocenters. The molecule has 5 nitrogen and oxygen atoms in total. The third-order valence-corrected chi connectivity index (χ3v) is 4.07. The summed E-state index contributed by atoms with van der Waals surface area (Å²) >= 11 is 5.87. The fourth-order valence-electron chi connectivity index (χ4n) is 2.82.